The predicted molar refractivity (Wildman–Crippen MR) is 92.8 cm³/mol. The second-order valence-electron chi connectivity index (χ2n) is 5.89. The van der Waals surface area contributed by atoms with Crippen LogP contribution in [0.4, 0.5) is 11.8 Å². The monoisotopic (exact) mass is 326 g/mol. The number of piperazine rings is 1. The van der Waals surface area contributed by atoms with Crippen LogP contribution in [0.5, 0.6) is 0 Å². The lowest BCUT2D eigenvalue weighted by Crippen LogP contribution is -2.48. The molecule has 1 aliphatic rings. The third-order valence-corrected chi connectivity index (χ3v) is 4.09. The summed E-state index contributed by atoms with van der Waals surface area (Å²) in [5.41, 5.74) is 2.05. The van der Waals surface area contributed by atoms with Gasteiger partial charge in [-0.1, -0.05) is 0 Å². The second kappa shape index (κ2) is 7.25. The number of anilines is 2. The molecule has 3 heterocycles. The van der Waals surface area contributed by atoms with E-state index in [4.69, 9.17) is 0 Å². The molecule has 0 saturated carbocycles. The minimum absolute atomic E-state index is 0.133. The lowest BCUT2D eigenvalue weighted by atomic mass is 10.3. The zero-order chi connectivity index (χ0) is 16.9. The second-order valence-corrected chi connectivity index (χ2v) is 5.89. The molecule has 0 unspecified atom stereocenters. The lowest BCUT2D eigenvalue weighted by Gasteiger charge is -2.35. The summed E-state index contributed by atoms with van der Waals surface area (Å²) in [5, 5.41) is 3.27. The van der Waals surface area contributed by atoms with E-state index >= 15 is 0 Å². The van der Waals surface area contributed by atoms with Crippen LogP contribution < -0.4 is 10.2 Å². The number of hydrogen-bond acceptors (Lipinski definition) is 6. The van der Waals surface area contributed by atoms with E-state index in [0.29, 0.717) is 12.5 Å². The first-order valence-corrected chi connectivity index (χ1v) is 8.11. The van der Waals surface area contributed by atoms with Crippen LogP contribution in [0.15, 0.2) is 30.6 Å². The molecular weight excluding hydrogens is 304 g/mol. The minimum atomic E-state index is 0.133. The fourth-order valence-corrected chi connectivity index (χ4v) is 2.73. The van der Waals surface area contributed by atoms with E-state index in [2.05, 4.69) is 25.2 Å². The van der Waals surface area contributed by atoms with Crippen molar-refractivity contribution < 1.29 is 4.79 Å². The topological polar surface area (TPSA) is 74.2 Å². The van der Waals surface area contributed by atoms with Crippen molar-refractivity contribution in [1.29, 1.82) is 0 Å². The molecule has 7 nitrogen and oxygen atoms in total. The van der Waals surface area contributed by atoms with E-state index in [-0.39, 0.29) is 5.91 Å². The highest BCUT2D eigenvalue weighted by molar-refractivity contribution is 5.73. The number of rotatable bonds is 4. The zero-order valence-electron chi connectivity index (χ0n) is 14.1. The third kappa shape index (κ3) is 3.98. The third-order valence-electron chi connectivity index (χ3n) is 4.09. The summed E-state index contributed by atoms with van der Waals surface area (Å²) in [6, 6.07) is 5.91. The molecule has 2 aromatic heterocycles. The fraction of sp³-hybridized carbons (Fsp3) is 0.412. The summed E-state index contributed by atoms with van der Waals surface area (Å²) >= 11 is 0. The Bertz CT molecular complexity index is 697. The molecular formula is C17H22N6O. The minimum Gasteiger partial charge on any atom is -0.353 e. The van der Waals surface area contributed by atoms with Crippen LogP contribution in [0.3, 0.4) is 0 Å². The van der Waals surface area contributed by atoms with Gasteiger partial charge in [0.1, 0.15) is 5.82 Å². The summed E-state index contributed by atoms with van der Waals surface area (Å²) in [5.74, 6) is 1.66. The van der Waals surface area contributed by atoms with Crippen molar-refractivity contribution in [2.45, 2.75) is 20.4 Å². The van der Waals surface area contributed by atoms with Gasteiger partial charge in [0, 0.05) is 63.8 Å². The lowest BCUT2D eigenvalue weighted by molar-refractivity contribution is -0.129. The number of carbonyl (C=O) groups excluding carboxylic acids is 1. The molecule has 0 aliphatic carbocycles. The van der Waals surface area contributed by atoms with Crippen molar-refractivity contribution in [2.24, 2.45) is 0 Å². The first kappa shape index (κ1) is 16.2. The number of carbonyl (C=O) groups is 1. The summed E-state index contributed by atoms with van der Waals surface area (Å²) in [6.07, 6.45) is 3.54. The summed E-state index contributed by atoms with van der Waals surface area (Å²) in [7, 11) is 0. The largest absolute Gasteiger partial charge is 0.353 e. The molecule has 0 spiro atoms. The first-order valence-electron chi connectivity index (χ1n) is 8.11. The molecule has 1 fully saturated rings. The molecule has 0 radical (unpaired) electrons. The Morgan fingerprint density at radius 2 is 1.88 bits per heavy atom. The Morgan fingerprint density at radius 1 is 1.17 bits per heavy atom. The molecule has 2 aromatic rings. The van der Waals surface area contributed by atoms with Gasteiger partial charge in [-0.25, -0.2) is 4.98 Å². The highest BCUT2D eigenvalue weighted by Gasteiger charge is 2.20. The molecule has 7 heteroatoms. The smallest absolute Gasteiger partial charge is 0.225 e. The SMILES string of the molecule is CC(=O)N1CCN(c2cc(C)nc(NCc3ccncc3)n2)CC1. The van der Waals surface area contributed by atoms with Gasteiger partial charge in [0.05, 0.1) is 0 Å². The van der Waals surface area contributed by atoms with E-state index in [0.717, 1.165) is 43.3 Å². The average molecular weight is 326 g/mol. The van der Waals surface area contributed by atoms with Crippen LogP contribution in [0.25, 0.3) is 0 Å². The van der Waals surface area contributed by atoms with E-state index in [9.17, 15) is 4.79 Å². The molecule has 0 bridgehead atoms. The molecule has 126 valence electrons. The molecule has 1 saturated heterocycles. The van der Waals surface area contributed by atoms with E-state index in [1.165, 1.54) is 0 Å². The van der Waals surface area contributed by atoms with Crippen LogP contribution in [-0.4, -0.2) is 51.9 Å². The molecule has 3 rings (SSSR count). The summed E-state index contributed by atoms with van der Waals surface area (Å²) < 4.78 is 0. The number of nitrogens with zero attached hydrogens (tertiary/aromatic N) is 5. The molecule has 1 amide bonds. The normalized spacial score (nSPS) is 14.6. The van der Waals surface area contributed by atoms with Crippen LogP contribution in [0.1, 0.15) is 18.2 Å². The van der Waals surface area contributed by atoms with Gasteiger partial charge >= 0.3 is 0 Å². The first-order chi connectivity index (χ1) is 11.6. The maximum Gasteiger partial charge on any atom is 0.225 e. The Morgan fingerprint density at radius 3 is 2.54 bits per heavy atom. The van der Waals surface area contributed by atoms with Crippen LogP contribution in [0, 0.1) is 6.92 Å². The number of aromatic nitrogens is 3. The quantitative estimate of drug-likeness (QED) is 0.917. The van der Waals surface area contributed by atoms with E-state index < -0.39 is 0 Å². The Kier molecular flexibility index (Phi) is 4.88. The van der Waals surface area contributed by atoms with Crippen molar-refractivity contribution in [1.82, 2.24) is 19.9 Å². The van der Waals surface area contributed by atoms with E-state index in [1.807, 2.05) is 30.0 Å². The zero-order valence-corrected chi connectivity index (χ0v) is 14.1. The predicted octanol–water partition coefficient (Wildman–Crippen LogP) is 1.46. The van der Waals surface area contributed by atoms with Gasteiger partial charge in [0.25, 0.3) is 0 Å². The maximum atomic E-state index is 11.4. The highest BCUT2D eigenvalue weighted by atomic mass is 16.2. The number of amides is 1. The Hall–Kier alpha value is -2.70. The van der Waals surface area contributed by atoms with Crippen molar-refractivity contribution >= 4 is 17.7 Å². The number of hydrogen-bond donors (Lipinski definition) is 1. The maximum absolute atomic E-state index is 11.4. The van der Waals surface area contributed by atoms with E-state index in [1.54, 1.807) is 19.3 Å². The van der Waals surface area contributed by atoms with Gasteiger partial charge in [-0.05, 0) is 24.6 Å². The standard InChI is InChI=1S/C17H22N6O/c1-13-11-16(23-9-7-22(8-10-23)14(2)24)21-17(20-13)19-12-15-3-5-18-6-4-15/h3-6,11H,7-10,12H2,1-2H3,(H,19,20,21). The van der Waals surface area contributed by atoms with Crippen molar-refractivity contribution in [3.05, 3.63) is 41.9 Å². The molecule has 0 aromatic carbocycles. The van der Waals surface area contributed by atoms with Crippen LogP contribution >= 0.6 is 0 Å². The number of nitrogens with one attached hydrogen (secondary N) is 1. The number of pyridine rings is 1. The summed E-state index contributed by atoms with van der Waals surface area (Å²) in [6.45, 7) is 7.29. The van der Waals surface area contributed by atoms with Crippen LogP contribution in [0.2, 0.25) is 0 Å². The van der Waals surface area contributed by atoms with Crippen molar-refractivity contribution in [3.8, 4) is 0 Å². The van der Waals surface area contributed by atoms with Gasteiger partial charge in [-0.2, -0.15) is 4.98 Å². The number of aryl methyl sites for hydroxylation is 1. The fourth-order valence-electron chi connectivity index (χ4n) is 2.73. The Labute approximate surface area is 141 Å². The van der Waals surface area contributed by atoms with Gasteiger partial charge in [0.15, 0.2) is 0 Å². The van der Waals surface area contributed by atoms with Gasteiger partial charge in [-0.3, -0.25) is 9.78 Å². The molecule has 24 heavy (non-hydrogen) atoms. The Balaban J connectivity index is 1.67. The van der Waals surface area contributed by atoms with Crippen molar-refractivity contribution in [2.75, 3.05) is 36.4 Å². The van der Waals surface area contributed by atoms with Gasteiger partial charge < -0.3 is 15.1 Å². The van der Waals surface area contributed by atoms with Gasteiger partial charge in [0.2, 0.25) is 11.9 Å². The molecule has 1 aliphatic heterocycles. The average Bonchev–Trinajstić information content (AvgIpc) is 2.60. The van der Waals surface area contributed by atoms with Crippen LogP contribution in [-0.2, 0) is 11.3 Å². The highest BCUT2D eigenvalue weighted by Crippen LogP contribution is 2.17. The molecule has 1 N–H and O–H groups in total. The molecule has 0 atom stereocenters. The van der Waals surface area contributed by atoms with Crippen molar-refractivity contribution in [3.63, 3.8) is 0 Å². The van der Waals surface area contributed by atoms with Gasteiger partial charge in [-0.15, -0.1) is 0 Å². The summed E-state index contributed by atoms with van der Waals surface area (Å²) in [4.78, 5) is 28.6.